The standard InChI is InChI=1S/C19H29N3/c20-14-6-7-15-22-18-11-5-4-10-17(18)21-19(22)13-12-16-8-2-1-3-9-16/h4-5,10-11,16H,1-3,6-9,12-15,20H2. The van der Waals surface area contributed by atoms with E-state index in [0.717, 1.165) is 43.8 Å². The number of aromatic nitrogens is 2. The van der Waals surface area contributed by atoms with Crippen molar-refractivity contribution < 1.29 is 0 Å². The first kappa shape index (κ1) is 15.5. The topological polar surface area (TPSA) is 43.8 Å². The lowest BCUT2D eigenvalue weighted by atomic mass is 9.86. The summed E-state index contributed by atoms with van der Waals surface area (Å²) in [6.45, 7) is 1.84. The summed E-state index contributed by atoms with van der Waals surface area (Å²) in [6, 6.07) is 8.55. The molecular formula is C19H29N3. The van der Waals surface area contributed by atoms with Gasteiger partial charge in [0.25, 0.3) is 0 Å². The minimum Gasteiger partial charge on any atom is -0.330 e. The van der Waals surface area contributed by atoms with Crippen molar-refractivity contribution in [2.45, 2.75) is 64.3 Å². The summed E-state index contributed by atoms with van der Waals surface area (Å²) in [5, 5.41) is 0. The summed E-state index contributed by atoms with van der Waals surface area (Å²) in [5.74, 6) is 2.20. The summed E-state index contributed by atoms with van der Waals surface area (Å²) in [4.78, 5) is 4.91. The Kier molecular flexibility index (Phi) is 5.49. The second-order valence-corrected chi connectivity index (χ2v) is 6.71. The molecule has 0 radical (unpaired) electrons. The zero-order chi connectivity index (χ0) is 15.2. The quantitative estimate of drug-likeness (QED) is 0.775. The molecule has 2 N–H and O–H groups in total. The van der Waals surface area contributed by atoms with Gasteiger partial charge in [0.2, 0.25) is 0 Å². The largest absolute Gasteiger partial charge is 0.330 e. The average molecular weight is 299 g/mol. The van der Waals surface area contributed by atoms with E-state index in [1.807, 2.05) is 0 Å². The van der Waals surface area contributed by atoms with Gasteiger partial charge in [0.05, 0.1) is 11.0 Å². The second-order valence-electron chi connectivity index (χ2n) is 6.71. The Morgan fingerprint density at radius 2 is 1.91 bits per heavy atom. The highest BCUT2D eigenvalue weighted by Gasteiger charge is 2.16. The Bertz CT molecular complexity index is 581. The number of aryl methyl sites for hydroxylation is 2. The van der Waals surface area contributed by atoms with Crippen LogP contribution in [0.4, 0.5) is 0 Å². The van der Waals surface area contributed by atoms with Gasteiger partial charge >= 0.3 is 0 Å². The predicted molar refractivity (Wildman–Crippen MR) is 92.9 cm³/mol. The van der Waals surface area contributed by atoms with Crippen molar-refractivity contribution in [3.05, 3.63) is 30.1 Å². The molecule has 22 heavy (non-hydrogen) atoms. The van der Waals surface area contributed by atoms with E-state index in [0.29, 0.717) is 0 Å². The van der Waals surface area contributed by atoms with Crippen molar-refractivity contribution in [1.82, 2.24) is 9.55 Å². The number of unbranched alkanes of at least 4 members (excludes halogenated alkanes) is 1. The first-order valence-electron chi connectivity index (χ1n) is 9.02. The Morgan fingerprint density at radius 3 is 2.73 bits per heavy atom. The maximum absolute atomic E-state index is 5.65. The molecule has 2 aromatic rings. The number of hydrogen-bond acceptors (Lipinski definition) is 2. The average Bonchev–Trinajstić information content (AvgIpc) is 2.92. The predicted octanol–water partition coefficient (Wildman–Crippen LogP) is 4.29. The highest BCUT2D eigenvalue weighted by atomic mass is 15.1. The number of hydrogen-bond donors (Lipinski definition) is 1. The molecule has 1 aliphatic rings. The van der Waals surface area contributed by atoms with Gasteiger partial charge in [0.15, 0.2) is 0 Å². The van der Waals surface area contributed by atoms with E-state index in [1.165, 1.54) is 49.9 Å². The van der Waals surface area contributed by atoms with Gasteiger partial charge in [0, 0.05) is 13.0 Å². The van der Waals surface area contributed by atoms with Crippen LogP contribution in [0.5, 0.6) is 0 Å². The fourth-order valence-corrected chi connectivity index (χ4v) is 3.79. The number of nitrogens with two attached hydrogens (primary N) is 1. The summed E-state index contributed by atoms with van der Waals surface area (Å²) in [7, 11) is 0. The van der Waals surface area contributed by atoms with Crippen molar-refractivity contribution >= 4 is 11.0 Å². The molecule has 0 atom stereocenters. The minimum absolute atomic E-state index is 0.782. The molecule has 0 aliphatic heterocycles. The monoisotopic (exact) mass is 299 g/mol. The SMILES string of the molecule is NCCCCn1c(CCC2CCCCC2)nc2ccccc21. The van der Waals surface area contributed by atoms with Crippen LogP contribution in [0.15, 0.2) is 24.3 Å². The third kappa shape index (κ3) is 3.70. The molecule has 1 saturated carbocycles. The minimum atomic E-state index is 0.782. The van der Waals surface area contributed by atoms with E-state index in [-0.39, 0.29) is 0 Å². The van der Waals surface area contributed by atoms with Crippen molar-refractivity contribution in [2.75, 3.05) is 6.54 Å². The van der Waals surface area contributed by atoms with E-state index in [1.54, 1.807) is 0 Å². The van der Waals surface area contributed by atoms with Crippen LogP contribution in [0.2, 0.25) is 0 Å². The van der Waals surface area contributed by atoms with Crippen molar-refractivity contribution in [3.8, 4) is 0 Å². The molecule has 0 unspecified atom stereocenters. The lowest BCUT2D eigenvalue weighted by Crippen LogP contribution is -2.11. The van der Waals surface area contributed by atoms with E-state index in [9.17, 15) is 0 Å². The molecule has 0 amide bonds. The van der Waals surface area contributed by atoms with Gasteiger partial charge in [-0.2, -0.15) is 0 Å². The van der Waals surface area contributed by atoms with Gasteiger partial charge in [-0.25, -0.2) is 4.98 Å². The molecule has 3 rings (SSSR count). The number of fused-ring (bicyclic) bond motifs is 1. The number of imidazole rings is 1. The Balaban J connectivity index is 1.73. The van der Waals surface area contributed by atoms with E-state index < -0.39 is 0 Å². The lowest BCUT2D eigenvalue weighted by molar-refractivity contribution is 0.336. The highest BCUT2D eigenvalue weighted by molar-refractivity contribution is 5.75. The zero-order valence-electron chi connectivity index (χ0n) is 13.6. The second kappa shape index (κ2) is 7.77. The van der Waals surface area contributed by atoms with Crippen molar-refractivity contribution in [1.29, 1.82) is 0 Å². The molecule has 0 saturated heterocycles. The third-order valence-electron chi connectivity index (χ3n) is 5.07. The molecular weight excluding hydrogens is 270 g/mol. The maximum Gasteiger partial charge on any atom is 0.109 e. The van der Waals surface area contributed by atoms with Crippen LogP contribution < -0.4 is 5.73 Å². The Labute approximate surface area is 133 Å². The van der Waals surface area contributed by atoms with Crippen LogP contribution in [0, 0.1) is 5.92 Å². The molecule has 1 fully saturated rings. The van der Waals surface area contributed by atoms with E-state index >= 15 is 0 Å². The van der Waals surface area contributed by atoms with Gasteiger partial charge in [-0.05, 0) is 43.9 Å². The summed E-state index contributed by atoms with van der Waals surface area (Å²) >= 11 is 0. The molecule has 1 aromatic heterocycles. The lowest BCUT2D eigenvalue weighted by Gasteiger charge is -2.21. The van der Waals surface area contributed by atoms with E-state index in [2.05, 4.69) is 28.8 Å². The summed E-state index contributed by atoms with van der Waals surface area (Å²) in [5.41, 5.74) is 8.09. The number of para-hydroxylation sites is 2. The van der Waals surface area contributed by atoms with Crippen LogP contribution in [-0.4, -0.2) is 16.1 Å². The molecule has 3 nitrogen and oxygen atoms in total. The smallest absolute Gasteiger partial charge is 0.109 e. The van der Waals surface area contributed by atoms with Crippen molar-refractivity contribution in [2.24, 2.45) is 11.7 Å². The number of rotatable bonds is 7. The van der Waals surface area contributed by atoms with E-state index in [4.69, 9.17) is 10.7 Å². The normalized spacial score (nSPS) is 16.4. The first-order chi connectivity index (χ1) is 10.9. The van der Waals surface area contributed by atoms with Gasteiger partial charge in [-0.3, -0.25) is 0 Å². The van der Waals surface area contributed by atoms with Gasteiger partial charge in [-0.15, -0.1) is 0 Å². The van der Waals surface area contributed by atoms with Crippen LogP contribution >= 0.6 is 0 Å². The summed E-state index contributed by atoms with van der Waals surface area (Å²) in [6.07, 6.45) is 11.8. The maximum atomic E-state index is 5.65. The van der Waals surface area contributed by atoms with Crippen LogP contribution in [0.1, 0.15) is 57.2 Å². The Hall–Kier alpha value is -1.35. The first-order valence-corrected chi connectivity index (χ1v) is 9.02. The molecule has 0 spiro atoms. The molecule has 120 valence electrons. The highest BCUT2D eigenvalue weighted by Crippen LogP contribution is 2.28. The third-order valence-corrected chi connectivity index (χ3v) is 5.07. The molecule has 3 heteroatoms. The fraction of sp³-hybridized carbons (Fsp3) is 0.632. The van der Waals surface area contributed by atoms with Crippen LogP contribution in [0.25, 0.3) is 11.0 Å². The van der Waals surface area contributed by atoms with Gasteiger partial charge < -0.3 is 10.3 Å². The molecule has 0 bridgehead atoms. The molecule has 1 aromatic carbocycles. The molecule has 1 aliphatic carbocycles. The number of nitrogens with zero attached hydrogens (tertiary/aromatic N) is 2. The van der Waals surface area contributed by atoms with Gasteiger partial charge in [-0.1, -0.05) is 44.2 Å². The fourth-order valence-electron chi connectivity index (χ4n) is 3.79. The zero-order valence-corrected chi connectivity index (χ0v) is 13.6. The summed E-state index contributed by atoms with van der Waals surface area (Å²) < 4.78 is 2.44. The Morgan fingerprint density at radius 1 is 1.09 bits per heavy atom. The van der Waals surface area contributed by atoms with Crippen LogP contribution in [0.3, 0.4) is 0 Å². The van der Waals surface area contributed by atoms with Crippen molar-refractivity contribution in [3.63, 3.8) is 0 Å². The molecule has 1 heterocycles. The van der Waals surface area contributed by atoms with Crippen LogP contribution in [-0.2, 0) is 13.0 Å². The van der Waals surface area contributed by atoms with Gasteiger partial charge in [0.1, 0.15) is 5.82 Å². The number of benzene rings is 1.